The molecule has 3 atom stereocenters. The molecule has 0 spiro atoms. The zero-order chi connectivity index (χ0) is 23.6. The van der Waals surface area contributed by atoms with Gasteiger partial charge in [0, 0.05) is 55.9 Å². The van der Waals surface area contributed by atoms with E-state index in [0.717, 1.165) is 11.1 Å². The Hall–Kier alpha value is -2.80. The third-order valence-electron chi connectivity index (χ3n) is 6.76. The van der Waals surface area contributed by atoms with Gasteiger partial charge in [0.25, 0.3) is 11.8 Å². The monoisotopic (exact) mass is 456 g/mol. The van der Waals surface area contributed by atoms with Gasteiger partial charge < -0.3 is 15.4 Å². The van der Waals surface area contributed by atoms with Gasteiger partial charge in [-0.25, -0.2) is 8.78 Å². The molecule has 0 aliphatic carbocycles. The number of piperidine rings is 1. The van der Waals surface area contributed by atoms with Crippen LogP contribution in [0, 0.1) is 5.92 Å². The standard InChI is InChI=1S/C26H30F2N2O3/c1-16-23(17-7-4-3-5-8-17)20-13-18(14-21(24(20)33-16)25(32)29-2)22(31)10-6-9-19-15-30-12-11-26(19,27)28/h3-5,7-8,13-14,16,19,23,30H,6,9-12,15H2,1-2H3,(H,29,32)/t16-,19+,23+/m1/s1. The summed E-state index contributed by atoms with van der Waals surface area (Å²) in [7, 11) is 1.54. The van der Waals surface area contributed by atoms with Crippen molar-refractivity contribution < 1.29 is 23.1 Å². The molecule has 1 saturated heterocycles. The summed E-state index contributed by atoms with van der Waals surface area (Å²) >= 11 is 0. The van der Waals surface area contributed by atoms with E-state index < -0.39 is 11.8 Å². The van der Waals surface area contributed by atoms with Gasteiger partial charge in [-0.05, 0) is 37.5 Å². The molecule has 4 rings (SSSR count). The van der Waals surface area contributed by atoms with E-state index in [1.807, 2.05) is 43.3 Å². The van der Waals surface area contributed by atoms with Crippen LogP contribution < -0.4 is 15.4 Å². The van der Waals surface area contributed by atoms with Gasteiger partial charge in [-0.15, -0.1) is 0 Å². The fraction of sp³-hybridized carbons (Fsp3) is 0.462. The van der Waals surface area contributed by atoms with Gasteiger partial charge in [-0.2, -0.15) is 0 Å². The molecule has 0 aromatic heterocycles. The first kappa shape index (κ1) is 23.4. The largest absolute Gasteiger partial charge is 0.489 e. The van der Waals surface area contributed by atoms with E-state index in [0.29, 0.717) is 29.8 Å². The van der Waals surface area contributed by atoms with Gasteiger partial charge in [-0.1, -0.05) is 30.3 Å². The number of rotatable bonds is 7. The number of hydrogen-bond donors (Lipinski definition) is 2. The van der Waals surface area contributed by atoms with Crippen molar-refractivity contribution in [1.82, 2.24) is 10.6 Å². The van der Waals surface area contributed by atoms with Crippen molar-refractivity contribution >= 4 is 11.7 Å². The number of hydrogen-bond acceptors (Lipinski definition) is 4. The quantitative estimate of drug-likeness (QED) is 0.600. The summed E-state index contributed by atoms with van der Waals surface area (Å²) in [4.78, 5) is 25.7. The van der Waals surface area contributed by atoms with E-state index in [1.54, 1.807) is 6.07 Å². The van der Waals surface area contributed by atoms with E-state index >= 15 is 0 Å². The summed E-state index contributed by atoms with van der Waals surface area (Å²) in [6.45, 7) is 2.54. The second-order valence-corrected chi connectivity index (χ2v) is 8.96. The van der Waals surface area contributed by atoms with Crippen LogP contribution in [0.4, 0.5) is 8.78 Å². The molecule has 7 heteroatoms. The fourth-order valence-corrected chi connectivity index (χ4v) is 4.95. The molecule has 176 valence electrons. The SMILES string of the molecule is CNC(=O)c1cc(C(=O)CCC[C@H]2CNCCC2(F)F)cc2c1O[C@H](C)[C@H]2c1ccccc1. The molecule has 0 unspecified atom stereocenters. The van der Waals surface area contributed by atoms with Crippen LogP contribution in [-0.4, -0.2) is 43.9 Å². The fourth-order valence-electron chi connectivity index (χ4n) is 4.95. The zero-order valence-corrected chi connectivity index (χ0v) is 19.0. The molecular formula is C26H30F2N2O3. The lowest BCUT2D eigenvalue weighted by molar-refractivity contribution is -0.0811. The van der Waals surface area contributed by atoms with Crippen LogP contribution in [0.3, 0.4) is 0 Å². The van der Waals surface area contributed by atoms with Crippen LogP contribution >= 0.6 is 0 Å². The van der Waals surface area contributed by atoms with Crippen LogP contribution in [0.15, 0.2) is 42.5 Å². The van der Waals surface area contributed by atoms with Crippen molar-refractivity contribution in [2.75, 3.05) is 20.1 Å². The highest BCUT2D eigenvalue weighted by Gasteiger charge is 2.41. The summed E-state index contributed by atoms with van der Waals surface area (Å²) in [6, 6.07) is 13.2. The summed E-state index contributed by atoms with van der Waals surface area (Å²) < 4.78 is 34.3. The summed E-state index contributed by atoms with van der Waals surface area (Å²) in [5.74, 6) is -3.53. The Bertz CT molecular complexity index is 1030. The predicted molar refractivity (Wildman–Crippen MR) is 122 cm³/mol. The van der Waals surface area contributed by atoms with Crippen LogP contribution in [-0.2, 0) is 0 Å². The van der Waals surface area contributed by atoms with Crippen molar-refractivity contribution in [3.05, 3.63) is 64.7 Å². The number of ketones is 1. The Morgan fingerprint density at radius 1 is 1.21 bits per heavy atom. The first-order chi connectivity index (χ1) is 15.8. The lowest BCUT2D eigenvalue weighted by Crippen LogP contribution is -2.44. The first-order valence-electron chi connectivity index (χ1n) is 11.5. The minimum atomic E-state index is -2.69. The third kappa shape index (κ3) is 4.78. The number of carbonyl (C=O) groups is 2. The summed E-state index contributed by atoms with van der Waals surface area (Å²) in [5.41, 5.74) is 2.59. The average Bonchev–Trinajstić information content (AvgIpc) is 3.14. The molecule has 2 N–H and O–H groups in total. The van der Waals surface area contributed by atoms with Gasteiger partial charge in [0.05, 0.1) is 5.56 Å². The maximum absolute atomic E-state index is 14.1. The van der Waals surface area contributed by atoms with Gasteiger partial charge >= 0.3 is 0 Å². The van der Waals surface area contributed by atoms with Crippen molar-refractivity contribution in [2.45, 2.75) is 50.6 Å². The smallest absolute Gasteiger partial charge is 0.254 e. The van der Waals surface area contributed by atoms with Crippen LogP contribution in [0.5, 0.6) is 5.75 Å². The Morgan fingerprint density at radius 3 is 2.67 bits per heavy atom. The van der Waals surface area contributed by atoms with Crippen molar-refractivity contribution in [3.63, 3.8) is 0 Å². The Balaban J connectivity index is 1.58. The first-order valence-corrected chi connectivity index (χ1v) is 11.5. The highest BCUT2D eigenvalue weighted by Crippen LogP contribution is 2.45. The van der Waals surface area contributed by atoms with Crippen molar-refractivity contribution in [1.29, 1.82) is 0 Å². The molecule has 5 nitrogen and oxygen atoms in total. The van der Waals surface area contributed by atoms with Crippen molar-refractivity contribution in [2.24, 2.45) is 5.92 Å². The average molecular weight is 457 g/mol. The van der Waals surface area contributed by atoms with Crippen LogP contribution in [0.25, 0.3) is 0 Å². The number of alkyl halides is 2. The van der Waals surface area contributed by atoms with Crippen LogP contribution in [0.2, 0.25) is 0 Å². The highest BCUT2D eigenvalue weighted by molar-refractivity contribution is 6.03. The number of nitrogens with one attached hydrogen (secondary N) is 2. The lowest BCUT2D eigenvalue weighted by atomic mass is 9.85. The number of amides is 1. The molecule has 0 bridgehead atoms. The minimum absolute atomic E-state index is 0.107. The number of Topliss-reactive ketones (excluding diaryl/α,β-unsaturated/α-hetero) is 1. The number of ether oxygens (including phenoxy) is 1. The van der Waals surface area contributed by atoms with E-state index in [4.69, 9.17) is 4.74 Å². The summed E-state index contributed by atoms with van der Waals surface area (Å²) in [6.07, 6.45) is 0.460. The van der Waals surface area contributed by atoms with Crippen molar-refractivity contribution in [3.8, 4) is 5.75 Å². The summed E-state index contributed by atoms with van der Waals surface area (Å²) in [5, 5.41) is 5.64. The molecule has 2 aliphatic heterocycles. The number of benzene rings is 2. The maximum Gasteiger partial charge on any atom is 0.254 e. The zero-order valence-electron chi connectivity index (χ0n) is 19.0. The van der Waals surface area contributed by atoms with Gasteiger partial charge in [0.2, 0.25) is 0 Å². The molecule has 0 saturated carbocycles. The molecule has 0 radical (unpaired) electrons. The predicted octanol–water partition coefficient (Wildman–Crippen LogP) is 4.56. The van der Waals surface area contributed by atoms with E-state index in [2.05, 4.69) is 10.6 Å². The number of fused-ring (bicyclic) bond motifs is 1. The van der Waals surface area contributed by atoms with E-state index in [9.17, 15) is 18.4 Å². The molecule has 2 aliphatic rings. The number of halogens is 2. The van der Waals surface area contributed by atoms with Gasteiger partial charge in [0.15, 0.2) is 5.78 Å². The molecule has 2 heterocycles. The second kappa shape index (κ2) is 9.59. The molecule has 1 fully saturated rings. The number of carbonyl (C=O) groups excluding carboxylic acids is 2. The van der Waals surface area contributed by atoms with Gasteiger partial charge in [0.1, 0.15) is 11.9 Å². The second-order valence-electron chi connectivity index (χ2n) is 8.96. The van der Waals surface area contributed by atoms with Gasteiger partial charge in [-0.3, -0.25) is 9.59 Å². The molecule has 33 heavy (non-hydrogen) atoms. The van der Waals surface area contributed by atoms with E-state index in [-0.39, 0.29) is 49.5 Å². The minimum Gasteiger partial charge on any atom is -0.489 e. The molecular weight excluding hydrogens is 426 g/mol. The van der Waals surface area contributed by atoms with E-state index in [1.165, 1.54) is 7.05 Å². The maximum atomic E-state index is 14.1. The Labute approximate surface area is 192 Å². The lowest BCUT2D eigenvalue weighted by Gasteiger charge is -2.31. The normalized spacial score (nSPS) is 23.5. The highest BCUT2D eigenvalue weighted by atomic mass is 19.3. The topological polar surface area (TPSA) is 67.4 Å². The molecule has 1 amide bonds. The molecule has 2 aromatic carbocycles. The van der Waals surface area contributed by atoms with Crippen LogP contribution in [0.1, 0.15) is 70.4 Å². The Kier molecular flexibility index (Phi) is 6.79. The molecule has 2 aromatic rings. The Morgan fingerprint density at radius 2 is 1.97 bits per heavy atom. The third-order valence-corrected chi connectivity index (χ3v) is 6.76.